The molecule has 1 heterocycles. The molecule has 2 rings (SSSR count). The molecule has 0 aromatic heterocycles. The van der Waals surface area contributed by atoms with Gasteiger partial charge in [-0.1, -0.05) is 0 Å². The number of anilines is 1. The Balaban J connectivity index is 2.35. The van der Waals surface area contributed by atoms with Gasteiger partial charge in [-0.2, -0.15) is 0 Å². The van der Waals surface area contributed by atoms with Gasteiger partial charge in [0.2, 0.25) is 0 Å². The minimum atomic E-state index is -0.919. The third-order valence-corrected chi connectivity index (χ3v) is 3.00. The zero-order valence-electron chi connectivity index (χ0n) is 10.4. The molecule has 5 nitrogen and oxygen atoms in total. The number of carbonyl (C=O) groups is 1. The number of benzene rings is 1. The maximum atomic E-state index is 11.3. The lowest BCUT2D eigenvalue weighted by molar-refractivity contribution is 0.0697. The lowest BCUT2D eigenvalue weighted by atomic mass is 10.1. The fraction of sp³-hybridized carbons (Fsp3) is 0.462. The van der Waals surface area contributed by atoms with E-state index in [0.29, 0.717) is 30.2 Å². The van der Waals surface area contributed by atoms with Gasteiger partial charge in [-0.05, 0) is 18.6 Å². The second kappa shape index (κ2) is 5.73. The van der Waals surface area contributed by atoms with Crippen molar-refractivity contribution in [2.75, 3.05) is 38.3 Å². The maximum absolute atomic E-state index is 11.3. The summed E-state index contributed by atoms with van der Waals surface area (Å²) in [6.07, 6.45) is 0.899. The van der Waals surface area contributed by atoms with Gasteiger partial charge in [0.05, 0.1) is 25.0 Å². The van der Waals surface area contributed by atoms with Crippen molar-refractivity contribution >= 4 is 11.7 Å². The Morgan fingerprint density at radius 3 is 2.94 bits per heavy atom. The van der Waals surface area contributed by atoms with Gasteiger partial charge in [-0.15, -0.1) is 0 Å². The van der Waals surface area contributed by atoms with E-state index in [-0.39, 0.29) is 0 Å². The van der Waals surface area contributed by atoms with E-state index >= 15 is 0 Å². The molecular weight excluding hydrogens is 234 g/mol. The average Bonchev–Trinajstić information content (AvgIpc) is 2.66. The molecule has 1 fully saturated rings. The first kappa shape index (κ1) is 12.7. The Bertz CT molecular complexity index is 425. The highest BCUT2D eigenvalue weighted by Crippen LogP contribution is 2.27. The summed E-state index contributed by atoms with van der Waals surface area (Å²) < 4.78 is 10.5. The highest BCUT2D eigenvalue weighted by molar-refractivity contribution is 5.94. The van der Waals surface area contributed by atoms with Crippen LogP contribution in [0.5, 0.6) is 5.75 Å². The van der Waals surface area contributed by atoms with E-state index in [9.17, 15) is 9.90 Å². The van der Waals surface area contributed by atoms with E-state index in [1.54, 1.807) is 25.3 Å². The molecule has 98 valence electrons. The van der Waals surface area contributed by atoms with Crippen molar-refractivity contribution in [3.8, 4) is 5.75 Å². The molecule has 1 N–H and O–H groups in total. The summed E-state index contributed by atoms with van der Waals surface area (Å²) in [4.78, 5) is 13.3. The van der Waals surface area contributed by atoms with Crippen molar-refractivity contribution in [1.29, 1.82) is 0 Å². The van der Waals surface area contributed by atoms with E-state index in [2.05, 4.69) is 0 Å². The third-order valence-electron chi connectivity index (χ3n) is 3.00. The lowest BCUT2D eigenvalue weighted by Gasteiger charge is -2.24. The van der Waals surface area contributed by atoms with E-state index in [1.807, 2.05) is 4.90 Å². The van der Waals surface area contributed by atoms with Crippen molar-refractivity contribution in [3.63, 3.8) is 0 Å². The molecular formula is C13H17NO4. The molecule has 18 heavy (non-hydrogen) atoms. The molecule has 0 unspecified atom stereocenters. The van der Waals surface area contributed by atoms with Gasteiger partial charge in [0.25, 0.3) is 0 Å². The Hall–Kier alpha value is -1.75. The summed E-state index contributed by atoms with van der Waals surface area (Å²) in [5, 5.41) is 9.23. The summed E-state index contributed by atoms with van der Waals surface area (Å²) >= 11 is 0. The fourth-order valence-electron chi connectivity index (χ4n) is 2.07. The summed E-state index contributed by atoms with van der Waals surface area (Å²) in [6.45, 7) is 2.85. The van der Waals surface area contributed by atoms with Gasteiger partial charge in [0.1, 0.15) is 5.75 Å². The number of hydrogen-bond donors (Lipinski definition) is 1. The fourth-order valence-corrected chi connectivity index (χ4v) is 2.07. The van der Waals surface area contributed by atoms with Gasteiger partial charge in [0.15, 0.2) is 0 Å². The number of rotatable bonds is 3. The molecule has 0 amide bonds. The van der Waals surface area contributed by atoms with Crippen molar-refractivity contribution in [1.82, 2.24) is 0 Å². The zero-order valence-corrected chi connectivity index (χ0v) is 10.4. The minimum absolute atomic E-state index is 0.303. The number of hydrogen-bond acceptors (Lipinski definition) is 4. The highest BCUT2D eigenvalue weighted by Gasteiger charge is 2.18. The molecule has 0 aliphatic carbocycles. The number of aromatic carboxylic acids is 1. The number of nitrogens with zero attached hydrogens (tertiary/aromatic N) is 1. The summed E-state index contributed by atoms with van der Waals surface area (Å²) in [5.74, 6) is -0.252. The number of methoxy groups -OCH3 is 1. The number of ether oxygens (including phenoxy) is 2. The Morgan fingerprint density at radius 2 is 2.22 bits per heavy atom. The molecule has 0 saturated carbocycles. The quantitative estimate of drug-likeness (QED) is 0.884. The van der Waals surface area contributed by atoms with Crippen LogP contribution in [0.3, 0.4) is 0 Å². The molecule has 0 bridgehead atoms. The third kappa shape index (κ3) is 2.73. The molecule has 1 aliphatic rings. The molecule has 1 aromatic rings. The van der Waals surface area contributed by atoms with Crippen LogP contribution in [0.15, 0.2) is 18.2 Å². The van der Waals surface area contributed by atoms with Crippen molar-refractivity contribution < 1.29 is 19.4 Å². The predicted octanol–water partition coefficient (Wildman–Crippen LogP) is 1.62. The SMILES string of the molecule is COc1ccc(C(=O)O)c(N2CCCOCC2)c1. The normalized spacial score (nSPS) is 16.2. The first-order valence-corrected chi connectivity index (χ1v) is 5.96. The van der Waals surface area contributed by atoms with Crippen LogP contribution in [0.4, 0.5) is 5.69 Å². The van der Waals surface area contributed by atoms with Crippen LogP contribution >= 0.6 is 0 Å². The van der Waals surface area contributed by atoms with Crippen LogP contribution in [-0.4, -0.2) is 44.5 Å². The van der Waals surface area contributed by atoms with Crippen LogP contribution in [0, 0.1) is 0 Å². The first-order valence-electron chi connectivity index (χ1n) is 5.96. The minimum Gasteiger partial charge on any atom is -0.497 e. The van der Waals surface area contributed by atoms with E-state index in [1.165, 1.54) is 0 Å². The van der Waals surface area contributed by atoms with E-state index in [0.717, 1.165) is 19.6 Å². The lowest BCUT2D eigenvalue weighted by Crippen LogP contribution is -2.27. The Kier molecular flexibility index (Phi) is 4.04. The molecule has 5 heteroatoms. The molecule has 1 saturated heterocycles. The summed E-state index contributed by atoms with van der Waals surface area (Å²) in [6, 6.07) is 5.03. The van der Waals surface area contributed by atoms with Gasteiger partial charge < -0.3 is 19.5 Å². The van der Waals surface area contributed by atoms with Crippen LogP contribution in [0.25, 0.3) is 0 Å². The highest BCUT2D eigenvalue weighted by atomic mass is 16.5. The second-order valence-electron chi connectivity index (χ2n) is 4.14. The maximum Gasteiger partial charge on any atom is 0.337 e. The topological polar surface area (TPSA) is 59.0 Å². The number of carboxylic acid groups (broad SMARTS) is 1. The first-order chi connectivity index (χ1) is 8.72. The van der Waals surface area contributed by atoms with Gasteiger partial charge in [0, 0.05) is 25.8 Å². The van der Waals surface area contributed by atoms with Crippen molar-refractivity contribution in [3.05, 3.63) is 23.8 Å². The second-order valence-corrected chi connectivity index (χ2v) is 4.14. The average molecular weight is 251 g/mol. The number of carboxylic acids is 1. The zero-order chi connectivity index (χ0) is 13.0. The molecule has 0 spiro atoms. The molecule has 0 atom stereocenters. The monoisotopic (exact) mass is 251 g/mol. The summed E-state index contributed by atoms with van der Waals surface area (Å²) in [7, 11) is 1.57. The van der Waals surface area contributed by atoms with E-state index in [4.69, 9.17) is 9.47 Å². The Labute approximate surface area is 106 Å². The van der Waals surface area contributed by atoms with Crippen molar-refractivity contribution in [2.45, 2.75) is 6.42 Å². The Morgan fingerprint density at radius 1 is 1.39 bits per heavy atom. The van der Waals surface area contributed by atoms with Crippen LogP contribution in [0.1, 0.15) is 16.8 Å². The molecule has 1 aromatic carbocycles. The van der Waals surface area contributed by atoms with E-state index < -0.39 is 5.97 Å². The molecule has 0 radical (unpaired) electrons. The van der Waals surface area contributed by atoms with Crippen LogP contribution in [-0.2, 0) is 4.74 Å². The largest absolute Gasteiger partial charge is 0.497 e. The van der Waals surface area contributed by atoms with Gasteiger partial charge >= 0.3 is 5.97 Å². The van der Waals surface area contributed by atoms with Crippen LogP contribution < -0.4 is 9.64 Å². The van der Waals surface area contributed by atoms with Crippen LogP contribution in [0.2, 0.25) is 0 Å². The predicted molar refractivity (Wildman–Crippen MR) is 67.6 cm³/mol. The summed E-state index contributed by atoms with van der Waals surface area (Å²) in [5.41, 5.74) is 1.00. The van der Waals surface area contributed by atoms with Gasteiger partial charge in [-0.25, -0.2) is 4.79 Å². The molecule has 1 aliphatic heterocycles. The van der Waals surface area contributed by atoms with Gasteiger partial charge in [-0.3, -0.25) is 0 Å². The smallest absolute Gasteiger partial charge is 0.337 e. The standard InChI is InChI=1S/C13H17NO4/c1-17-10-3-4-11(13(15)16)12(9-10)14-5-2-7-18-8-6-14/h3-4,9H,2,5-8H2,1H3,(H,15,16). The van der Waals surface area contributed by atoms with Crippen molar-refractivity contribution in [2.24, 2.45) is 0 Å².